The third-order valence-corrected chi connectivity index (χ3v) is 3.47. The van der Waals surface area contributed by atoms with Crippen molar-refractivity contribution >= 4 is 6.08 Å². The molecule has 2 atom stereocenters. The molecule has 1 aromatic rings. The van der Waals surface area contributed by atoms with Gasteiger partial charge in [-0.2, -0.15) is 13.2 Å². The van der Waals surface area contributed by atoms with Gasteiger partial charge in [0.05, 0.1) is 5.56 Å². The molecule has 1 nitrogen and oxygen atoms in total. The summed E-state index contributed by atoms with van der Waals surface area (Å²) in [4.78, 5) is 0. The lowest BCUT2D eigenvalue weighted by atomic mass is 9.93. The molecule has 0 bridgehead atoms. The van der Waals surface area contributed by atoms with Crippen molar-refractivity contribution in [3.63, 3.8) is 0 Å². The molecule has 2 rings (SSSR count). The predicted molar refractivity (Wildman–Crippen MR) is 70.7 cm³/mol. The lowest BCUT2D eigenvalue weighted by Gasteiger charge is -2.25. The van der Waals surface area contributed by atoms with Gasteiger partial charge in [0.1, 0.15) is 0 Å². The van der Waals surface area contributed by atoms with Crippen LogP contribution in [0.2, 0.25) is 0 Å². The molecule has 0 spiro atoms. The summed E-state index contributed by atoms with van der Waals surface area (Å²) in [6.45, 7) is 3.10. The van der Waals surface area contributed by atoms with Gasteiger partial charge in [-0.1, -0.05) is 37.3 Å². The van der Waals surface area contributed by atoms with Crippen molar-refractivity contribution < 1.29 is 13.2 Å². The second-order valence-electron chi connectivity index (χ2n) is 5.13. The van der Waals surface area contributed by atoms with Crippen molar-refractivity contribution in [2.45, 2.75) is 32.0 Å². The van der Waals surface area contributed by atoms with Crippen LogP contribution in [0.3, 0.4) is 0 Å². The van der Waals surface area contributed by atoms with E-state index in [9.17, 15) is 13.2 Å². The average Bonchev–Trinajstić information content (AvgIpc) is 2.36. The lowest BCUT2D eigenvalue weighted by Crippen LogP contribution is -2.35. The summed E-state index contributed by atoms with van der Waals surface area (Å²) >= 11 is 0. The van der Waals surface area contributed by atoms with Gasteiger partial charge < -0.3 is 5.32 Å². The second-order valence-corrected chi connectivity index (χ2v) is 5.13. The van der Waals surface area contributed by atoms with Crippen molar-refractivity contribution in [2.24, 2.45) is 5.92 Å². The number of piperidine rings is 1. The van der Waals surface area contributed by atoms with E-state index < -0.39 is 11.7 Å². The zero-order chi connectivity index (χ0) is 13.9. The molecule has 1 heterocycles. The minimum absolute atomic E-state index is 0.171. The minimum Gasteiger partial charge on any atom is -0.310 e. The van der Waals surface area contributed by atoms with Crippen LogP contribution in [0, 0.1) is 5.92 Å². The Bertz CT molecular complexity index is 451. The van der Waals surface area contributed by atoms with Gasteiger partial charge in [-0.25, -0.2) is 0 Å². The Morgan fingerprint density at radius 2 is 2.00 bits per heavy atom. The maximum absolute atomic E-state index is 12.8. The molecule has 104 valence electrons. The van der Waals surface area contributed by atoms with E-state index in [4.69, 9.17) is 0 Å². The second kappa shape index (κ2) is 5.78. The van der Waals surface area contributed by atoms with Gasteiger partial charge in [-0.3, -0.25) is 0 Å². The smallest absolute Gasteiger partial charge is 0.310 e. The number of rotatable bonds is 2. The fourth-order valence-electron chi connectivity index (χ4n) is 2.42. The van der Waals surface area contributed by atoms with Gasteiger partial charge in [0.25, 0.3) is 0 Å². The Balaban J connectivity index is 2.14. The van der Waals surface area contributed by atoms with Gasteiger partial charge >= 0.3 is 6.18 Å². The molecule has 1 fully saturated rings. The molecule has 0 saturated carbocycles. The number of alkyl halides is 3. The first-order valence-corrected chi connectivity index (χ1v) is 6.54. The highest BCUT2D eigenvalue weighted by molar-refractivity contribution is 5.55. The highest BCUT2D eigenvalue weighted by Crippen LogP contribution is 2.32. The van der Waals surface area contributed by atoms with Crippen LogP contribution in [-0.2, 0) is 6.18 Å². The Labute approximate surface area is 111 Å². The van der Waals surface area contributed by atoms with E-state index in [0.29, 0.717) is 5.92 Å². The largest absolute Gasteiger partial charge is 0.416 e. The predicted octanol–water partition coefficient (Wildman–Crippen LogP) is 4.11. The van der Waals surface area contributed by atoms with Crippen molar-refractivity contribution in [1.29, 1.82) is 0 Å². The summed E-state index contributed by atoms with van der Waals surface area (Å²) in [5, 5.41) is 3.31. The van der Waals surface area contributed by atoms with E-state index in [1.54, 1.807) is 12.1 Å². The molecule has 2 unspecified atom stereocenters. The lowest BCUT2D eigenvalue weighted by molar-refractivity contribution is -0.137. The monoisotopic (exact) mass is 269 g/mol. The summed E-state index contributed by atoms with van der Waals surface area (Å²) in [5.41, 5.74) is -0.342. The van der Waals surface area contributed by atoms with Gasteiger partial charge in [0.2, 0.25) is 0 Å². The van der Waals surface area contributed by atoms with E-state index in [1.165, 1.54) is 12.1 Å². The minimum atomic E-state index is -4.30. The first-order valence-electron chi connectivity index (χ1n) is 6.54. The van der Waals surface area contributed by atoms with Crippen LogP contribution in [0.5, 0.6) is 0 Å². The first-order chi connectivity index (χ1) is 8.97. The van der Waals surface area contributed by atoms with Crippen LogP contribution in [0.25, 0.3) is 6.08 Å². The number of benzene rings is 1. The molecule has 4 heteroatoms. The third kappa shape index (κ3) is 3.83. The third-order valence-electron chi connectivity index (χ3n) is 3.47. The van der Waals surface area contributed by atoms with Crippen molar-refractivity contribution in [1.82, 2.24) is 5.32 Å². The van der Waals surface area contributed by atoms with Crippen molar-refractivity contribution in [3.8, 4) is 0 Å². The molecule has 1 saturated heterocycles. The molecule has 0 radical (unpaired) electrons. The molecule has 1 aromatic carbocycles. The Morgan fingerprint density at radius 1 is 1.26 bits per heavy atom. The normalized spacial score (nSPS) is 24.8. The maximum atomic E-state index is 12.8. The molecule has 0 aliphatic carbocycles. The Morgan fingerprint density at radius 3 is 2.68 bits per heavy atom. The molecular weight excluding hydrogens is 251 g/mol. The summed E-state index contributed by atoms with van der Waals surface area (Å²) in [5.74, 6) is 0.619. The van der Waals surface area contributed by atoms with Crippen LogP contribution in [0.15, 0.2) is 30.3 Å². The molecule has 1 N–H and O–H groups in total. The number of halogens is 3. The number of nitrogens with one attached hydrogen (secondary N) is 1. The van der Waals surface area contributed by atoms with Crippen molar-refractivity contribution in [2.75, 3.05) is 6.54 Å². The Kier molecular flexibility index (Phi) is 4.30. The summed E-state index contributed by atoms with van der Waals surface area (Å²) < 4.78 is 38.5. The zero-order valence-corrected chi connectivity index (χ0v) is 10.9. The average molecular weight is 269 g/mol. The van der Waals surface area contributed by atoms with Gasteiger partial charge in [0, 0.05) is 6.04 Å². The Hall–Kier alpha value is -1.29. The fraction of sp³-hybridized carbons (Fsp3) is 0.467. The fourth-order valence-corrected chi connectivity index (χ4v) is 2.42. The highest BCUT2D eigenvalue weighted by atomic mass is 19.4. The van der Waals surface area contributed by atoms with Crippen LogP contribution in [0.1, 0.15) is 30.9 Å². The quantitative estimate of drug-likeness (QED) is 0.852. The molecule has 1 aliphatic heterocycles. The van der Waals surface area contributed by atoms with Gasteiger partial charge in [-0.15, -0.1) is 0 Å². The molecule has 0 amide bonds. The SMILES string of the molecule is CC1CCNC(/C=C/c2ccccc2C(F)(F)F)C1. The van der Waals surface area contributed by atoms with E-state index in [1.807, 2.05) is 6.08 Å². The van der Waals surface area contributed by atoms with Crippen LogP contribution in [0.4, 0.5) is 13.2 Å². The van der Waals surface area contributed by atoms with Crippen LogP contribution < -0.4 is 5.32 Å². The van der Waals surface area contributed by atoms with E-state index in [-0.39, 0.29) is 11.6 Å². The van der Waals surface area contributed by atoms with E-state index in [2.05, 4.69) is 12.2 Å². The number of hydrogen-bond donors (Lipinski definition) is 1. The zero-order valence-electron chi connectivity index (χ0n) is 10.9. The standard InChI is InChI=1S/C15H18F3N/c1-11-8-9-19-13(10-11)7-6-12-4-2-3-5-14(12)15(16,17)18/h2-7,11,13,19H,8-10H2,1H3/b7-6+. The summed E-state index contributed by atoms with van der Waals surface area (Å²) in [6.07, 6.45) is 1.24. The van der Waals surface area contributed by atoms with Gasteiger partial charge in [0.15, 0.2) is 0 Å². The van der Waals surface area contributed by atoms with E-state index >= 15 is 0 Å². The van der Waals surface area contributed by atoms with Crippen LogP contribution in [-0.4, -0.2) is 12.6 Å². The van der Waals surface area contributed by atoms with Gasteiger partial charge in [-0.05, 0) is 36.9 Å². The first kappa shape index (κ1) is 14.1. The molecule has 19 heavy (non-hydrogen) atoms. The molecular formula is C15H18F3N. The van der Waals surface area contributed by atoms with E-state index in [0.717, 1.165) is 25.5 Å². The summed E-state index contributed by atoms with van der Waals surface area (Å²) in [7, 11) is 0. The maximum Gasteiger partial charge on any atom is 0.416 e. The number of hydrogen-bond acceptors (Lipinski definition) is 1. The molecule has 0 aromatic heterocycles. The van der Waals surface area contributed by atoms with Crippen molar-refractivity contribution in [3.05, 3.63) is 41.5 Å². The summed E-state index contributed by atoms with van der Waals surface area (Å²) in [6, 6.07) is 5.85. The molecule has 1 aliphatic rings. The highest BCUT2D eigenvalue weighted by Gasteiger charge is 2.32. The topological polar surface area (TPSA) is 12.0 Å². The van der Waals surface area contributed by atoms with Crippen LogP contribution >= 0.6 is 0 Å².